The first-order valence-electron chi connectivity index (χ1n) is 9.46. The number of amides is 2. The Morgan fingerprint density at radius 1 is 1.11 bits per heavy atom. The van der Waals surface area contributed by atoms with E-state index in [1.54, 1.807) is 7.11 Å². The average molecular weight is 364 g/mol. The Labute approximate surface area is 159 Å². The van der Waals surface area contributed by atoms with Crippen molar-refractivity contribution >= 4 is 17.5 Å². The molecule has 0 unspecified atom stereocenters. The van der Waals surface area contributed by atoms with Gasteiger partial charge in [0.2, 0.25) is 11.8 Å². The van der Waals surface area contributed by atoms with E-state index in [1.165, 1.54) is 5.56 Å². The highest BCUT2D eigenvalue weighted by Crippen LogP contribution is 2.33. The third kappa shape index (κ3) is 4.13. The average Bonchev–Trinajstić information content (AvgIpc) is 3.52. The topological polar surface area (TPSA) is 58.6 Å². The number of fused-ring (bicyclic) bond motifs is 1. The van der Waals surface area contributed by atoms with Gasteiger partial charge in [0.05, 0.1) is 13.5 Å². The van der Waals surface area contributed by atoms with Crippen LogP contribution in [-0.2, 0) is 29.0 Å². The van der Waals surface area contributed by atoms with E-state index in [9.17, 15) is 9.59 Å². The molecular weight excluding hydrogens is 340 g/mol. The molecule has 4 rings (SSSR count). The van der Waals surface area contributed by atoms with Crippen molar-refractivity contribution in [2.45, 2.75) is 32.2 Å². The summed E-state index contributed by atoms with van der Waals surface area (Å²) in [6.07, 6.45) is 3.26. The second-order valence-electron chi connectivity index (χ2n) is 7.34. The molecule has 0 atom stereocenters. The summed E-state index contributed by atoms with van der Waals surface area (Å²) in [6.45, 7) is 1.44. The maximum absolute atomic E-state index is 12.4. The summed E-state index contributed by atoms with van der Waals surface area (Å²) in [7, 11) is 1.62. The third-order valence-electron chi connectivity index (χ3n) is 5.26. The summed E-state index contributed by atoms with van der Waals surface area (Å²) < 4.78 is 5.14. The first-order valence-corrected chi connectivity index (χ1v) is 9.46. The lowest BCUT2D eigenvalue weighted by Gasteiger charge is -2.29. The van der Waals surface area contributed by atoms with Crippen molar-refractivity contribution in [2.75, 3.05) is 19.0 Å². The Hall–Kier alpha value is -2.82. The molecule has 0 bridgehead atoms. The lowest BCUT2D eigenvalue weighted by molar-refractivity contribution is -0.133. The molecule has 5 nitrogen and oxygen atoms in total. The van der Waals surface area contributed by atoms with E-state index in [2.05, 4.69) is 11.4 Å². The molecule has 0 aromatic heterocycles. The second kappa shape index (κ2) is 7.43. The molecule has 5 heteroatoms. The number of methoxy groups -OCH3 is 1. The summed E-state index contributed by atoms with van der Waals surface area (Å²) >= 11 is 0. The monoisotopic (exact) mass is 364 g/mol. The summed E-state index contributed by atoms with van der Waals surface area (Å²) in [6, 6.07) is 13.5. The number of ether oxygens (including phenoxy) is 1. The minimum absolute atomic E-state index is 0.0539. The van der Waals surface area contributed by atoms with Crippen LogP contribution in [0.4, 0.5) is 5.69 Å². The summed E-state index contributed by atoms with van der Waals surface area (Å²) in [5.41, 5.74) is 4.13. The number of carbonyl (C=O) groups excluding carboxylic acids is 2. The zero-order chi connectivity index (χ0) is 18.8. The van der Waals surface area contributed by atoms with Crippen LogP contribution < -0.4 is 10.1 Å². The molecule has 1 aliphatic carbocycles. The van der Waals surface area contributed by atoms with Gasteiger partial charge in [-0.2, -0.15) is 0 Å². The van der Waals surface area contributed by atoms with Crippen LogP contribution in [0.5, 0.6) is 5.75 Å². The van der Waals surface area contributed by atoms with Gasteiger partial charge in [0, 0.05) is 24.7 Å². The fourth-order valence-corrected chi connectivity index (χ4v) is 3.55. The van der Waals surface area contributed by atoms with Gasteiger partial charge >= 0.3 is 0 Å². The SMILES string of the molecule is COc1ccc(CC(=O)Nc2ccc3c(c2)CN(C(=O)C2CC2)CC3)cc1. The smallest absolute Gasteiger partial charge is 0.228 e. The number of nitrogens with zero attached hydrogens (tertiary/aromatic N) is 1. The number of hydrogen-bond donors (Lipinski definition) is 1. The van der Waals surface area contributed by atoms with Crippen molar-refractivity contribution in [1.82, 2.24) is 4.90 Å². The van der Waals surface area contributed by atoms with E-state index in [-0.39, 0.29) is 17.7 Å². The molecule has 1 fully saturated rings. The summed E-state index contributed by atoms with van der Waals surface area (Å²) in [5.74, 6) is 1.26. The van der Waals surface area contributed by atoms with Crippen LogP contribution in [0.3, 0.4) is 0 Å². The van der Waals surface area contributed by atoms with Crippen LogP contribution in [0, 0.1) is 5.92 Å². The molecule has 0 spiro atoms. The summed E-state index contributed by atoms with van der Waals surface area (Å²) in [4.78, 5) is 26.7. The molecule has 1 heterocycles. The number of hydrogen-bond acceptors (Lipinski definition) is 3. The Morgan fingerprint density at radius 2 is 1.89 bits per heavy atom. The Balaban J connectivity index is 1.40. The molecule has 1 N–H and O–H groups in total. The number of rotatable bonds is 5. The normalized spacial score (nSPS) is 15.8. The molecule has 27 heavy (non-hydrogen) atoms. The quantitative estimate of drug-likeness (QED) is 0.887. The van der Waals surface area contributed by atoms with Crippen molar-refractivity contribution in [3.63, 3.8) is 0 Å². The van der Waals surface area contributed by atoms with E-state index < -0.39 is 0 Å². The number of nitrogens with one attached hydrogen (secondary N) is 1. The molecule has 0 saturated heterocycles. The lowest BCUT2D eigenvalue weighted by atomic mass is 9.98. The van der Waals surface area contributed by atoms with Gasteiger partial charge in [-0.15, -0.1) is 0 Å². The van der Waals surface area contributed by atoms with Gasteiger partial charge in [0.25, 0.3) is 0 Å². The first kappa shape index (κ1) is 17.6. The number of anilines is 1. The van der Waals surface area contributed by atoms with Crippen LogP contribution in [0.15, 0.2) is 42.5 Å². The predicted octanol–water partition coefficient (Wildman–Crippen LogP) is 3.17. The van der Waals surface area contributed by atoms with E-state index in [1.807, 2.05) is 41.3 Å². The molecule has 140 valence electrons. The van der Waals surface area contributed by atoms with Crippen molar-refractivity contribution < 1.29 is 14.3 Å². The van der Waals surface area contributed by atoms with E-state index in [0.717, 1.165) is 48.4 Å². The molecule has 1 aliphatic heterocycles. The van der Waals surface area contributed by atoms with Crippen LogP contribution in [0.25, 0.3) is 0 Å². The van der Waals surface area contributed by atoms with Crippen molar-refractivity contribution in [2.24, 2.45) is 5.92 Å². The molecule has 2 aromatic rings. The number of carbonyl (C=O) groups is 2. The van der Waals surface area contributed by atoms with Crippen molar-refractivity contribution in [1.29, 1.82) is 0 Å². The van der Waals surface area contributed by atoms with Gasteiger partial charge in [-0.25, -0.2) is 0 Å². The highest BCUT2D eigenvalue weighted by Gasteiger charge is 2.34. The Morgan fingerprint density at radius 3 is 2.59 bits per heavy atom. The van der Waals surface area contributed by atoms with E-state index in [0.29, 0.717) is 13.0 Å². The summed E-state index contributed by atoms with van der Waals surface area (Å²) in [5, 5.41) is 2.97. The van der Waals surface area contributed by atoms with Gasteiger partial charge in [0.15, 0.2) is 0 Å². The minimum Gasteiger partial charge on any atom is -0.497 e. The minimum atomic E-state index is -0.0539. The Kier molecular flexibility index (Phi) is 4.84. The fourth-order valence-electron chi connectivity index (χ4n) is 3.55. The molecule has 2 aromatic carbocycles. The van der Waals surface area contributed by atoms with Gasteiger partial charge < -0.3 is 15.0 Å². The zero-order valence-corrected chi connectivity index (χ0v) is 15.5. The molecule has 2 amide bonds. The highest BCUT2D eigenvalue weighted by atomic mass is 16.5. The lowest BCUT2D eigenvalue weighted by Crippen LogP contribution is -2.36. The molecular formula is C22H24N2O3. The van der Waals surface area contributed by atoms with Crippen molar-refractivity contribution in [3.05, 3.63) is 59.2 Å². The van der Waals surface area contributed by atoms with E-state index >= 15 is 0 Å². The highest BCUT2D eigenvalue weighted by molar-refractivity contribution is 5.92. The molecule has 0 radical (unpaired) electrons. The standard InChI is InChI=1S/C22H24N2O3/c1-27-20-8-2-15(3-9-20)12-21(25)23-19-7-6-16-10-11-24(14-18(16)13-19)22(26)17-4-5-17/h2-3,6-9,13,17H,4-5,10-12,14H2,1H3,(H,23,25). The van der Waals surface area contributed by atoms with Gasteiger partial charge in [-0.1, -0.05) is 18.2 Å². The maximum Gasteiger partial charge on any atom is 0.228 e. The maximum atomic E-state index is 12.4. The van der Waals surface area contributed by atoms with Crippen LogP contribution in [0.1, 0.15) is 29.5 Å². The predicted molar refractivity (Wildman–Crippen MR) is 104 cm³/mol. The zero-order valence-electron chi connectivity index (χ0n) is 15.5. The molecule has 2 aliphatic rings. The van der Waals surface area contributed by atoms with Gasteiger partial charge in [-0.05, 0) is 60.2 Å². The van der Waals surface area contributed by atoms with Crippen LogP contribution >= 0.6 is 0 Å². The first-order chi connectivity index (χ1) is 13.1. The fraction of sp³-hybridized carbons (Fsp3) is 0.364. The largest absolute Gasteiger partial charge is 0.497 e. The Bertz CT molecular complexity index is 856. The van der Waals surface area contributed by atoms with Crippen molar-refractivity contribution in [3.8, 4) is 5.75 Å². The second-order valence-corrected chi connectivity index (χ2v) is 7.34. The third-order valence-corrected chi connectivity index (χ3v) is 5.26. The molecule has 1 saturated carbocycles. The van der Waals surface area contributed by atoms with Crippen LogP contribution in [0.2, 0.25) is 0 Å². The van der Waals surface area contributed by atoms with Gasteiger partial charge in [-0.3, -0.25) is 9.59 Å². The van der Waals surface area contributed by atoms with Crippen LogP contribution in [-0.4, -0.2) is 30.4 Å². The van der Waals surface area contributed by atoms with Gasteiger partial charge in [0.1, 0.15) is 5.75 Å². The van der Waals surface area contributed by atoms with E-state index in [4.69, 9.17) is 4.74 Å². The number of benzene rings is 2.